The fourth-order valence-corrected chi connectivity index (χ4v) is 4.09. The lowest BCUT2D eigenvalue weighted by molar-refractivity contribution is -0.116. The standard InChI is InChI=1S/C19H25N3OS/c1-2-16-18(15-6-4-3-5-7-15)22-19(24-16)21-17(23)9-8-14-10-12-20-13-11-14/h3-7,14,20H,2,8-13H2,1H3,(H,21,22,23). The highest BCUT2D eigenvalue weighted by Crippen LogP contribution is 2.31. The largest absolute Gasteiger partial charge is 0.317 e. The van der Waals surface area contributed by atoms with Crippen molar-refractivity contribution in [2.75, 3.05) is 18.4 Å². The minimum absolute atomic E-state index is 0.0875. The molecule has 0 aliphatic carbocycles. The Morgan fingerprint density at radius 1 is 1.29 bits per heavy atom. The van der Waals surface area contributed by atoms with Crippen LogP contribution in [0.2, 0.25) is 0 Å². The fraction of sp³-hybridized carbons (Fsp3) is 0.474. The first kappa shape index (κ1) is 17.1. The van der Waals surface area contributed by atoms with E-state index in [-0.39, 0.29) is 5.91 Å². The van der Waals surface area contributed by atoms with E-state index in [2.05, 4.69) is 34.7 Å². The Balaban J connectivity index is 1.60. The Bertz CT molecular complexity index is 663. The normalized spacial score (nSPS) is 15.4. The summed E-state index contributed by atoms with van der Waals surface area (Å²) in [5.74, 6) is 0.768. The lowest BCUT2D eigenvalue weighted by atomic mass is 9.93. The Morgan fingerprint density at radius 2 is 2.04 bits per heavy atom. The molecule has 1 amide bonds. The molecule has 0 saturated carbocycles. The first-order chi connectivity index (χ1) is 11.8. The molecule has 1 aliphatic rings. The van der Waals surface area contributed by atoms with Crippen molar-refractivity contribution in [3.05, 3.63) is 35.2 Å². The van der Waals surface area contributed by atoms with Gasteiger partial charge in [-0.05, 0) is 44.7 Å². The number of hydrogen-bond acceptors (Lipinski definition) is 4. The highest BCUT2D eigenvalue weighted by molar-refractivity contribution is 7.16. The van der Waals surface area contributed by atoms with E-state index in [4.69, 9.17) is 0 Å². The maximum absolute atomic E-state index is 12.2. The minimum atomic E-state index is 0.0875. The quantitative estimate of drug-likeness (QED) is 0.830. The second-order valence-electron chi connectivity index (χ2n) is 6.29. The van der Waals surface area contributed by atoms with Crippen LogP contribution in [0.5, 0.6) is 0 Å². The lowest BCUT2D eigenvalue weighted by Gasteiger charge is -2.21. The number of thiazole rings is 1. The van der Waals surface area contributed by atoms with Gasteiger partial charge in [0.2, 0.25) is 5.91 Å². The molecule has 1 aromatic heterocycles. The summed E-state index contributed by atoms with van der Waals surface area (Å²) in [6.07, 6.45) is 4.86. The van der Waals surface area contributed by atoms with Crippen LogP contribution in [-0.2, 0) is 11.2 Å². The first-order valence-corrected chi connectivity index (χ1v) is 9.63. The van der Waals surface area contributed by atoms with Gasteiger partial charge in [0, 0.05) is 16.9 Å². The van der Waals surface area contributed by atoms with Crippen molar-refractivity contribution in [3.63, 3.8) is 0 Å². The molecule has 0 unspecified atom stereocenters. The molecule has 1 fully saturated rings. The minimum Gasteiger partial charge on any atom is -0.317 e. The first-order valence-electron chi connectivity index (χ1n) is 8.82. The van der Waals surface area contributed by atoms with Crippen LogP contribution in [0.25, 0.3) is 11.3 Å². The topological polar surface area (TPSA) is 54.0 Å². The number of anilines is 1. The zero-order valence-corrected chi connectivity index (χ0v) is 15.0. The summed E-state index contributed by atoms with van der Waals surface area (Å²) >= 11 is 1.59. The second kappa shape index (κ2) is 8.40. The summed E-state index contributed by atoms with van der Waals surface area (Å²) in [4.78, 5) is 18.1. The van der Waals surface area contributed by atoms with Gasteiger partial charge in [-0.1, -0.05) is 37.3 Å². The van der Waals surface area contributed by atoms with Crippen molar-refractivity contribution in [3.8, 4) is 11.3 Å². The van der Waals surface area contributed by atoms with Crippen LogP contribution in [0, 0.1) is 5.92 Å². The molecule has 4 nitrogen and oxygen atoms in total. The highest BCUT2D eigenvalue weighted by atomic mass is 32.1. The number of piperidine rings is 1. The van der Waals surface area contributed by atoms with Gasteiger partial charge < -0.3 is 10.6 Å². The Morgan fingerprint density at radius 3 is 2.75 bits per heavy atom. The number of nitrogens with zero attached hydrogens (tertiary/aromatic N) is 1. The Hall–Kier alpha value is -1.72. The summed E-state index contributed by atoms with van der Waals surface area (Å²) in [6, 6.07) is 10.2. The van der Waals surface area contributed by atoms with E-state index >= 15 is 0 Å². The summed E-state index contributed by atoms with van der Waals surface area (Å²) in [7, 11) is 0. The number of nitrogens with one attached hydrogen (secondary N) is 2. The fourth-order valence-electron chi connectivity index (χ4n) is 3.15. The summed E-state index contributed by atoms with van der Waals surface area (Å²) < 4.78 is 0. The number of carbonyl (C=O) groups is 1. The molecule has 24 heavy (non-hydrogen) atoms. The molecule has 2 heterocycles. The van der Waals surface area contributed by atoms with Crippen molar-refractivity contribution < 1.29 is 4.79 Å². The van der Waals surface area contributed by atoms with Crippen LogP contribution < -0.4 is 10.6 Å². The van der Waals surface area contributed by atoms with E-state index in [0.717, 1.165) is 42.3 Å². The molecule has 1 aromatic carbocycles. The Kier molecular flexibility index (Phi) is 5.99. The smallest absolute Gasteiger partial charge is 0.226 e. The van der Waals surface area contributed by atoms with Crippen LogP contribution in [0.3, 0.4) is 0 Å². The van der Waals surface area contributed by atoms with Gasteiger partial charge in [0.15, 0.2) is 5.13 Å². The van der Waals surface area contributed by atoms with Crippen molar-refractivity contribution in [1.29, 1.82) is 0 Å². The van der Waals surface area contributed by atoms with E-state index in [1.54, 1.807) is 11.3 Å². The van der Waals surface area contributed by atoms with Crippen molar-refractivity contribution >= 4 is 22.4 Å². The average molecular weight is 343 g/mol. The summed E-state index contributed by atoms with van der Waals surface area (Å²) in [5.41, 5.74) is 2.11. The molecular formula is C19H25N3OS. The van der Waals surface area contributed by atoms with Gasteiger partial charge in [-0.2, -0.15) is 0 Å². The summed E-state index contributed by atoms with van der Waals surface area (Å²) in [5, 5.41) is 7.09. The van der Waals surface area contributed by atoms with Crippen LogP contribution in [0.15, 0.2) is 30.3 Å². The van der Waals surface area contributed by atoms with E-state index < -0.39 is 0 Å². The molecule has 0 spiro atoms. The van der Waals surface area contributed by atoms with Crippen LogP contribution in [0.1, 0.15) is 37.5 Å². The molecule has 0 bridgehead atoms. The molecule has 5 heteroatoms. The van der Waals surface area contributed by atoms with Crippen LogP contribution in [-0.4, -0.2) is 24.0 Å². The maximum atomic E-state index is 12.2. The van der Waals surface area contributed by atoms with Gasteiger partial charge in [-0.3, -0.25) is 4.79 Å². The average Bonchev–Trinajstić information content (AvgIpc) is 3.04. The van der Waals surface area contributed by atoms with E-state index in [1.165, 1.54) is 17.7 Å². The zero-order chi connectivity index (χ0) is 16.8. The van der Waals surface area contributed by atoms with Crippen molar-refractivity contribution in [2.45, 2.75) is 39.0 Å². The number of aryl methyl sites for hydroxylation is 1. The molecule has 1 saturated heterocycles. The third-order valence-corrected chi connectivity index (χ3v) is 5.67. The van der Waals surface area contributed by atoms with Crippen molar-refractivity contribution in [2.24, 2.45) is 5.92 Å². The third-order valence-electron chi connectivity index (χ3n) is 4.55. The molecule has 2 N–H and O–H groups in total. The number of aromatic nitrogens is 1. The van der Waals surface area contributed by atoms with Gasteiger partial charge in [-0.25, -0.2) is 4.98 Å². The molecular weight excluding hydrogens is 318 g/mol. The zero-order valence-electron chi connectivity index (χ0n) is 14.2. The van der Waals surface area contributed by atoms with Crippen LogP contribution in [0.4, 0.5) is 5.13 Å². The predicted octanol–water partition coefficient (Wildman–Crippen LogP) is 4.09. The Labute approximate surface area is 147 Å². The van der Waals surface area contributed by atoms with E-state index in [1.807, 2.05) is 18.2 Å². The van der Waals surface area contributed by atoms with Crippen molar-refractivity contribution in [1.82, 2.24) is 10.3 Å². The number of amides is 1. The SMILES string of the molecule is CCc1sc(NC(=O)CCC2CCNCC2)nc1-c1ccccc1. The van der Waals surface area contributed by atoms with Gasteiger partial charge in [-0.15, -0.1) is 11.3 Å². The number of hydrogen-bond donors (Lipinski definition) is 2. The summed E-state index contributed by atoms with van der Waals surface area (Å²) in [6.45, 7) is 4.29. The monoisotopic (exact) mass is 343 g/mol. The molecule has 128 valence electrons. The van der Waals surface area contributed by atoms with Gasteiger partial charge in [0.05, 0.1) is 5.69 Å². The highest BCUT2D eigenvalue weighted by Gasteiger charge is 2.16. The van der Waals surface area contributed by atoms with Crippen LogP contribution >= 0.6 is 11.3 Å². The predicted molar refractivity (Wildman–Crippen MR) is 100 cm³/mol. The van der Waals surface area contributed by atoms with E-state index in [9.17, 15) is 4.79 Å². The molecule has 3 rings (SSSR count). The maximum Gasteiger partial charge on any atom is 0.226 e. The van der Waals surface area contributed by atoms with Gasteiger partial charge in [0.1, 0.15) is 0 Å². The second-order valence-corrected chi connectivity index (χ2v) is 7.37. The van der Waals surface area contributed by atoms with Gasteiger partial charge in [0.25, 0.3) is 0 Å². The van der Waals surface area contributed by atoms with E-state index in [0.29, 0.717) is 12.3 Å². The number of carbonyl (C=O) groups excluding carboxylic acids is 1. The third kappa shape index (κ3) is 4.42. The lowest BCUT2D eigenvalue weighted by Crippen LogP contribution is -2.28. The molecule has 0 radical (unpaired) electrons. The number of benzene rings is 1. The molecule has 0 atom stereocenters. The van der Waals surface area contributed by atoms with Gasteiger partial charge >= 0.3 is 0 Å². The number of rotatable bonds is 6. The molecule has 2 aromatic rings. The molecule has 1 aliphatic heterocycles.